The maximum absolute atomic E-state index is 13.2. The zero-order chi connectivity index (χ0) is 19.6. The van der Waals surface area contributed by atoms with E-state index in [0.717, 1.165) is 9.13 Å². The summed E-state index contributed by atoms with van der Waals surface area (Å²) in [6, 6.07) is 3.27. The van der Waals surface area contributed by atoms with Crippen LogP contribution in [0.15, 0.2) is 38.0 Å². The van der Waals surface area contributed by atoms with Gasteiger partial charge in [-0.2, -0.15) is 0 Å². The molecule has 0 spiro atoms. The third kappa shape index (κ3) is 2.02. The average molecular weight is 396 g/mol. The standard InChI is InChI=1S/C14H8N10O3S/c15-11-19-21-13-17-6(9(26)23(11)13)5(8(25)4-2-1-3-28-4)7-10(27)24-12(16)20-22-14(24)18-7/h1-3,5,15-16,26-27H. The first-order valence-electron chi connectivity index (χ1n) is 7.69. The summed E-state index contributed by atoms with van der Waals surface area (Å²) in [6.45, 7) is 0. The predicted molar refractivity (Wildman–Crippen MR) is 93.6 cm³/mol. The summed E-state index contributed by atoms with van der Waals surface area (Å²) in [5.74, 6) is -3.68. The van der Waals surface area contributed by atoms with Crippen LogP contribution in [0.5, 0.6) is 11.8 Å². The van der Waals surface area contributed by atoms with Gasteiger partial charge in [0, 0.05) is 0 Å². The summed E-state index contributed by atoms with van der Waals surface area (Å²) in [4.78, 5) is 21.8. The maximum atomic E-state index is 13.2. The monoisotopic (exact) mass is 396 g/mol. The molecular weight excluding hydrogens is 388 g/mol. The van der Waals surface area contributed by atoms with Gasteiger partial charge in [0.2, 0.25) is 11.8 Å². The lowest BCUT2D eigenvalue weighted by molar-refractivity contribution is 0.0972. The fourth-order valence-electron chi connectivity index (χ4n) is 2.96. The molecule has 3 aromatic heterocycles. The lowest BCUT2D eigenvalue weighted by Crippen LogP contribution is -2.16. The summed E-state index contributed by atoms with van der Waals surface area (Å²) >= 11 is 1.17. The number of carbonyl (C=O) groups excluding carboxylic acids is 1. The highest BCUT2D eigenvalue weighted by Crippen LogP contribution is 2.42. The highest BCUT2D eigenvalue weighted by molar-refractivity contribution is 7.12. The van der Waals surface area contributed by atoms with E-state index in [1.165, 1.54) is 11.3 Å². The van der Waals surface area contributed by atoms with E-state index in [-0.39, 0.29) is 35.2 Å². The van der Waals surface area contributed by atoms with Gasteiger partial charge in [-0.05, 0) is 11.4 Å². The van der Waals surface area contributed by atoms with E-state index in [1.54, 1.807) is 17.5 Å². The van der Waals surface area contributed by atoms with Gasteiger partial charge in [0.25, 0.3) is 23.8 Å². The molecule has 0 bridgehead atoms. The van der Waals surface area contributed by atoms with Gasteiger partial charge in [0.1, 0.15) is 17.3 Å². The first kappa shape index (κ1) is 16.1. The van der Waals surface area contributed by atoms with E-state index in [1.807, 2.05) is 0 Å². The molecule has 0 fully saturated rings. The summed E-state index contributed by atoms with van der Waals surface area (Å²) in [5.41, 5.74) is -0.292. The van der Waals surface area contributed by atoms with E-state index in [2.05, 4.69) is 30.4 Å². The third-order valence-electron chi connectivity index (χ3n) is 4.19. The lowest BCUT2D eigenvalue weighted by Gasteiger charge is -2.12. The van der Waals surface area contributed by atoms with Crippen LogP contribution in [-0.2, 0) is 0 Å². The van der Waals surface area contributed by atoms with Crippen LogP contribution >= 0.6 is 11.3 Å². The van der Waals surface area contributed by atoms with E-state index in [4.69, 9.17) is 10.8 Å². The fraction of sp³-hybridized carbons (Fsp3) is 0.0714. The quantitative estimate of drug-likeness (QED) is 0.491. The molecule has 0 saturated carbocycles. The van der Waals surface area contributed by atoms with Crippen molar-refractivity contribution in [2.24, 2.45) is 20.5 Å². The van der Waals surface area contributed by atoms with Crippen LogP contribution in [0.25, 0.3) is 0 Å². The van der Waals surface area contributed by atoms with Gasteiger partial charge in [0.15, 0.2) is 5.78 Å². The number of imidazole rings is 2. The second-order valence-electron chi connectivity index (χ2n) is 5.73. The summed E-state index contributed by atoms with van der Waals surface area (Å²) in [6.07, 6.45) is 0. The van der Waals surface area contributed by atoms with Crippen LogP contribution in [0.2, 0.25) is 0 Å². The van der Waals surface area contributed by atoms with Crippen LogP contribution < -0.4 is 0 Å². The van der Waals surface area contributed by atoms with Crippen molar-refractivity contribution in [3.05, 3.63) is 33.8 Å². The van der Waals surface area contributed by atoms with Gasteiger partial charge in [0.05, 0.1) is 4.88 Å². The zero-order valence-electron chi connectivity index (χ0n) is 13.6. The number of carbonyl (C=O) groups is 1. The van der Waals surface area contributed by atoms with Gasteiger partial charge >= 0.3 is 0 Å². The molecule has 0 unspecified atom stereocenters. The number of nitrogens with one attached hydrogen (secondary N) is 2. The topological polar surface area (TPSA) is 190 Å². The number of hydrogen-bond acceptors (Lipinski definition) is 10. The number of thiophene rings is 1. The van der Waals surface area contributed by atoms with E-state index < -0.39 is 23.5 Å². The zero-order valence-corrected chi connectivity index (χ0v) is 14.4. The Labute approximate surface area is 158 Å². The third-order valence-corrected chi connectivity index (χ3v) is 5.07. The minimum atomic E-state index is -1.32. The molecule has 5 rings (SSSR count). The molecule has 0 aliphatic carbocycles. The summed E-state index contributed by atoms with van der Waals surface area (Å²) < 4.78 is 1.93. The molecule has 14 heteroatoms. The normalized spacial score (nSPS) is 15.3. The molecule has 2 aliphatic rings. The molecule has 0 atom stereocenters. The second kappa shape index (κ2) is 5.46. The molecule has 2 aliphatic heterocycles. The van der Waals surface area contributed by atoms with Crippen LogP contribution in [0, 0.1) is 10.8 Å². The molecule has 28 heavy (non-hydrogen) atoms. The van der Waals surface area contributed by atoms with Crippen molar-refractivity contribution in [3.8, 4) is 11.8 Å². The molecule has 4 N–H and O–H groups in total. The number of ketones is 1. The van der Waals surface area contributed by atoms with E-state index in [0.29, 0.717) is 4.88 Å². The first-order chi connectivity index (χ1) is 13.5. The highest BCUT2D eigenvalue weighted by atomic mass is 32.1. The number of aromatic nitrogens is 4. The SMILES string of the molecule is N=C1N=Nc2nc(C(C(=O)c3cccs3)c3nc4n(c3O)C(=N)N=N4)c(O)n21. The number of nitrogens with zero attached hydrogens (tertiary/aromatic N) is 8. The Kier molecular flexibility index (Phi) is 3.15. The largest absolute Gasteiger partial charge is 0.493 e. The second-order valence-corrected chi connectivity index (χ2v) is 6.68. The number of Topliss-reactive ketones (excluding diaryl/α,β-unsaturated/α-hetero) is 1. The molecule has 0 aromatic carbocycles. The van der Waals surface area contributed by atoms with Gasteiger partial charge in [-0.3, -0.25) is 15.6 Å². The van der Waals surface area contributed by atoms with Crippen LogP contribution in [-0.4, -0.2) is 47.0 Å². The molecule has 138 valence electrons. The van der Waals surface area contributed by atoms with Gasteiger partial charge in [-0.1, -0.05) is 6.07 Å². The van der Waals surface area contributed by atoms with Gasteiger partial charge < -0.3 is 10.2 Å². The molecular formula is C14H8N10O3S. The van der Waals surface area contributed by atoms with Crippen molar-refractivity contribution in [2.45, 2.75) is 5.92 Å². The average Bonchev–Trinajstić information content (AvgIpc) is 3.45. The van der Waals surface area contributed by atoms with Crippen molar-refractivity contribution in [2.75, 3.05) is 0 Å². The first-order valence-corrected chi connectivity index (χ1v) is 8.57. The van der Waals surface area contributed by atoms with Crippen molar-refractivity contribution in [1.29, 1.82) is 10.8 Å². The van der Waals surface area contributed by atoms with Crippen molar-refractivity contribution in [3.63, 3.8) is 0 Å². The Bertz CT molecular complexity index is 1170. The molecule has 13 nitrogen and oxygen atoms in total. The predicted octanol–water partition coefficient (Wildman–Crippen LogP) is 2.33. The number of hydrogen-bond donors (Lipinski definition) is 4. The Morgan fingerprint density at radius 2 is 1.50 bits per heavy atom. The molecule has 5 heterocycles. The van der Waals surface area contributed by atoms with Crippen LogP contribution in [0.1, 0.15) is 27.0 Å². The Balaban J connectivity index is 1.73. The lowest BCUT2D eigenvalue weighted by atomic mass is 9.95. The van der Waals surface area contributed by atoms with E-state index in [9.17, 15) is 15.0 Å². The van der Waals surface area contributed by atoms with Crippen molar-refractivity contribution in [1.82, 2.24) is 19.1 Å². The summed E-state index contributed by atoms with van der Waals surface area (Å²) in [5, 5.41) is 52.6. The summed E-state index contributed by atoms with van der Waals surface area (Å²) in [7, 11) is 0. The molecule has 0 radical (unpaired) electrons. The van der Waals surface area contributed by atoms with Crippen molar-refractivity contribution < 1.29 is 15.0 Å². The minimum Gasteiger partial charge on any atom is -0.493 e. The number of fused-ring (bicyclic) bond motifs is 2. The maximum Gasteiger partial charge on any atom is 0.259 e. The molecule has 3 aromatic rings. The Morgan fingerprint density at radius 3 is 1.93 bits per heavy atom. The number of rotatable bonds is 4. The fourth-order valence-corrected chi connectivity index (χ4v) is 3.65. The number of aromatic hydroxyl groups is 2. The Morgan fingerprint density at radius 1 is 0.964 bits per heavy atom. The minimum absolute atomic E-state index is 0.0693. The van der Waals surface area contributed by atoms with Gasteiger partial charge in [-0.25, -0.2) is 19.1 Å². The van der Waals surface area contributed by atoms with Crippen LogP contribution in [0.4, 0.5) is 11.9 Å². The van der Waals surface area contributed by atoms with Crippen molar-refractivity contribution >= 4 is 40.9 Å². The number of azo groups is 2. The van der Waals surface area contributed by atoms with Crippen LogP contribution in [0.3, 0.4) is 0 Å². The smallest absolute Gasteiger partial charge is 0.259 e. The van der Waals surface area contributed by atoms with Gasteiger partial charge in [-0.15, -0.1) is 31.8 Å². The van der Waals surface area contributed by atoms with E-state index >= 15 is 0 Å². The highest BCUT2D eigenvalue weighted by Gasteiger charge is 2.39. The molecule has 0 amide bonds. The molecule has 0 saturated heterocycles. The Hall–Kier alpha value is -4.07.